The van der Waals surface area contributed by atoms with E-state index in [2.05, 4.69) is 90.1 Å². The van der Waals surface area contributed by atoms with Crippen molar-refractivity contribution in [2.75, 3.05) is 0 Å². The van der Waals surface area contributed by atoms with Gasteiger partial charge in [-0.2, -0.15) is 0 Å². The first-order valence-electron chi connectivity index (χ1n) is 46.6. The molecule has 0 fully saturated rings. The molecule has 0 spiro atoms. The van der Waals surface area contributed by atoms with Crippen LogP contribution in [0.2, 0.25) is 9.79 Å². The molecule has 2 aromatic rings. The average Bonchev–Trinajstić information content (AvgIpc) is 1.61. The molecule has 0 unspecified atom stereocenters. The normalized spacial score (nSPS) is 12.5. The third-order valence-corrected chi connectivity index (χ3v) is 24.8. The zero-order chi connectivity index (χ0) is 72.3. The Labute approximate surface area is 643 Å². The first-order chi connectivity index (χ1) is 50.1. The molecule has 0 aromatic heterocycles. The van der Waals surface area contributed by atoms with Gasteiger partial charge in [0.1, 0.15) is 0 Å². The summed E-state index contributed by atoms with van der Waals surface area (Å²) in [6.45, 7) is 13.7. The predicted molar refractivity (Wildman–Crippen MR) is 454 cm³/mol. The Morgan fingerprint density at radius 3 is 0.723 bits per heavy atom. The second-order valence-corrected chi connectivity index (χ2v) is 34.8. The Bertz CT molecular complexity index is 2040. The van der Waals surface area contributed by atoms with E-state index in [0.29, 0.717) is 0 Å². The van der Waals surface area contributed by atoms with Gasteiger partial charge in [0.25, 0.3) is 0 Å². The topological polar surface area (TPSA) is 25.3 Å². The second-order valence-electron chi connectivity index (χ2n) is 32.5. The maximum absolute atomic E-state index is 11.9. The van der Waals surface area contributed by atoms with E-state index in [1.54, 1.807) is 14.5 Å². The molecular weight excluding hydrogens is 1310 g/mol. The van der Waals surface area contributed by atoms with Gasteiger partial charge in [0.05, 0.1) is 0 Å². The van der Waals surface area contributed by atoms with Crippen LogP contribution < -0.4 is 0 Å². The van der Waals surface area contributed by atoms with E-state index in [1.807, 2.05) is 0 Å². The standard InChI is InChI=1S/C38H56N2.2C30H61.Pd/c1-5-9-13-15-16-18-21-32-22-19-23-34(30-32)38-36(25-12-8-4)35(24-11-7-3)37(40(38)39)33-28-26-31(27-29-33)20-17-14-10-6-2;2*1-3-5-7-9-11-13-15-17-19-21-23-25-27-29-30-28-26-24-22-20-18-16-14-12-10-8-6-4-2;/h19,22-23,26-30H,5-18,20-21,24-25H2,1-4H3;2*1,3-30H2,2H3;. The number of nitrogens with zero attached hydrogens (tertiary/aromatic N) is 2. The van der Waals surface area contributed by atoms with Crippen molar-refractivity contribution in [1.29, 1.82) is 0 Å². The van der Waals surface area contributed by atoms with Crippen LogP contribution in [0.25, 0.3) is 16.9 Å². The molecule has 1 heterocycles. The van der Waals surface area contributed by atoms with Crippen molar-refractivity contribution in [3.63, 3.8) is 0 Å². The Balaban J connectivity index is 0.000000744. The van der Waals surface area contributed by atoms with Crippen LogP contribution >= 0.6 is 0 Å². The van der Waals surface area contributed by atoms with Crippen LogP contribution in [-0.2, 0) is 30.8 Å². The number of hydrogen-bond acceptors (Lipinski definition) is 0. The van der Waals surface area contributed by atoms with E-state index in [4.69, 9.17) is 0 Å². The van der Waals surface area contributed by atoms with Gasteiger partial charge >= 0.3 is 169 Å². The first-order valence-corrected chi connectivity index (χ1v) is 48.8. The van der Waals surface area contributed by atoms with Crippen LogP contribution in [0, 0.1) is 0 Å². The van der Waals surface area contributed by atoms with Crippen molar-refractivity contribution in [2.45, 2.75) is 526 Å². The van der Waals surface area contributed by atoms with Gasteiger partial charge in [-0.05, 0) is 86.8 Å². The van der Waals surface area contributed by atoms with Crippen LogP contribution in [0.4, 0.5) is 0 Å². The van der Waals surface area contributed by atoms with Crippen molar-refractivity contribution in [3.8, 4) is 0 Å². The van der Waals surface area contributed by atoms with E-state index in [9.17, 15) is 5.53 Å². The predicted octanol–water partition coefficient (Wildman–Crippen LogP) is 36.1. The summed E-state index contributed by atoms with van der Waals surface area (Å²) in [6.07, 6.45) is 105. The first kappa shape index (κ1) is 95.3. The Hall–Kier alpha value is -1.82. The van der Waals surface area contributed by atoms with Crippen molar-refractivity contribution >= 4 is 11.4 Å². The Morgan fingerprint density at radius 1 is 0.218 bits per heavy atom. The number of allylic oxidation sites excluding steroid dienone is 2. The second kappa shape index (κ2) is 76.4. The molecule has 3 rings (SSSR count). The Kier molecular flexibility index (Phi) is 72.0. The van der Waals surface area contributed by atoms with Gasteiger partial charge in [0.15, 0.2) is 0 Å². The van der Waals surface area contributed by atoms with Gasteiger partial charge in [-0.15, -0.1) is 0 Å². The number of rotatable bonds is 78. The molecule has 1 aliphatic rings. The van der Waals surface area contributed by atoms with Crippen LogP contribution in [0.15, 0.2) is 59.7 Å². The Morgan fingerprint density at radius 2 is 0.446 bits per heavy atom. The molecule has 0 radical (unpaired) electrons. The number of benzene rings is 2. The van der Waals surface area contributed by atoms with E-state index >= 15 is 0 Å². The van der Waals surface area contributed by atoms with Gasteiger partial charge in [0.2, 0.25) is 11.4 Å². The number of aryl methyl sites for hydroxylation is 2. The molecule has 0 aliphatic carbocycles. The fraction of sp³-hybridized carbons (Fsp3) is 0.837. The summed E-state index contributed by atoms with van der Waals surface area (Å²) in [5.74, 6) is 0. The molecule has 0 bridgehead atoms. The summed E-state index contributed by atoms with van der Waals surface area (Å²) in [5, 5.41) is 0. The van der Waals surface area contributed by atoms with Crippen molar-refractivity contribution in [1.82, 2.24) is 0 Å². The van der Waals surface area contributed by atoms with Crippen LogP contribution in [0.3, 0.4) is 0 Å². The van der Waals surface area contributed by atoms with Crippen LogP contribution in [-0.4, -0.2) is 4.70 Å². The molecule has 590 valence electrons. The van der Waals surface area contributed by atoms with Gasteiger partial charge < -0.3 is 5.53 Å². The molecule has 1 aliphatic heterocycles. The third kappa shape index (κ3) is 57.0. The zero-order valence-corrected chi connectivity index (χ0v) is 71.1. The SMILES string of the molecule is CCCCCCCCCCCCCCCCCCCCCCCCCCCCC[CH2][Pd][CH2]CCCCCCCCCCCCCCCCCCCCCCCCCCCCC.CCCCCCCCc1cccc(C2=C(CCCC)C(CCCC)=C(c3ccc(CCCCCC)cc3)[N+]2=[N-])c1. The van der Waals surface area contributed by atoms with Gasteiger partial charge in [-0.25, -0.2) is 4.70 Å². The minimum absolute atomic E-state index is 1.01. The van der Waals surface area contributed by atoms with E-state index in [1.165, 1.54) is 446 Å². The molecule has 101 heavy (non-hydrogen) atoms. The average molecular weight is 1490 g/mol. The number of unbranched alkanes of at least 4 members (excludes halogenated alkanes) is 64. The van der Waals surface area contributed by atoms with Crippen molar-refractivity contribution in [2.24, 2.45) is 0 Å². The van der Waals surface area contributed by atoms with Crippen LogP contribution in [0.5, 0.6) is 0 Å². The van der Waals surface area contributed by atoms with Gasteiger partial charge in [-0.1, -0.05) is 348 Å². The molecule has 3 heteroatoms. The summed E-state index contributed by atoms with van der Waals surface area (Å²) in [7, 11) is 0. The molecule has 0 atom stereocenters. The zero-order valence-electron chi connectivity index (χ0n) is 69.6. The smallest absolute Gasteiger partial charge is 0.493 e. The van der Waals surface area contributed by atoms with Crippen LogP contribution in [0.1, 0.15) is 526 Å². The van der Waals surface area contributed by atoms with Crippen molar-refractivity contribution < 1.29 is 22.7 Å². The van der Waals surface area contributed by atoms with Gasteiger partial charge in [0, 0.05) is 22.3 Å². The summed E-state index contributed by atoms with van der Waals surface area (Å²) < 4.78 is 1.55. The summed E-state index contributed by atoms with van der Waals surface area (Å²) >= 11 is 1.05. The molecular formula is C98H178N2Pd. The molecule has 0 N–H and O–H groups in total. The maximum atomic E-state index is 11.9. The fourth-order valence-corrected chi connectivity index (χ4v) is 17.7. The van der Waals surface area contributed by atoms with Gasteiger partial charge in [-0.3, -0.25) is 0 Å². The minimum Gasteiger partial charge on any atom is -0.493 e. The summed E-state index contributed by atoms with van der Waals surface area (Å²) in [6, 6.07) is 18.1. The summed E-state index contributed by atoms with van der Waals surface area (Å²) in [5.41, 5.74) is 21.7. The number of hydrogen-bond donors (Lipinski definition) is 0. The van der Waals surface area contributed by atoms with E-state index in [-0.39, 0.29) is 0 Å². The molecule has 2 nitrogen and oxygen atoms in total. The molecule has 2 aromatic carbocycles. The minimum atomic E-state index is 1.01. The van der Waals surface area contributed by atoms with Crippen molar-refractivity contribution in [3.05, 3.63) is 87.5 Å². The molecule has 0 saturated heterocycles. The third-order valence-electron chi connectivity index (χ3n) is 22.6. The fourth-order valence-electron chi connectivity index (χ4n) is 15.8. The van der Waals surface area contributed by atoms with E-state index in [0.717, 1.165) is 91.9 Å². The molecule has 0 saturated carbocycles. The molecule has 0 amide bonds. The quantitative estimate of drug-likeness (QED) is 0.0358. The van der Waals surface area contributed by atoms with E-state index < -0.39 is 0 Å². The monoisotopic (exact) mass is 1490 g/mol. The summed E-state index contributed by atoms with van der Waals surface area (Å²) in [4.78, 5) is 3.10.